The Morgan fingerprint density at radius 2 is 2.03 bits per heavy atom. The first-order valence-corrected chi connectivity index (χ1v) is 10.2. The van der Waals surface area contributed by atoms with Gasteiger partial charge in [0.25, 0.3) is 0 Å². The average molecular weight is 442 g/mol. The Labute approximate surface area is 181 Å². The third-order valence-electron chi connectivity index (χ3n) is 5.06. The van der Waals surface area contributed by atoms with Crippen LogP contribution in [-0.2, 0) is 11.3 Å². The summed E-state index contributed by atoms with van der Waals surface area (Å²) in [4.78, 5) is 21.1. The van der Waals surface area contributed by atoms with Crippen LogP contribution in [0.1, 0.15) is 18.5 Å². The minimum atomic E-state index is -3.69. The van der Waals surface area contributed by atoms with Crippen LogP contribution in [-0.4, -0.2) is 38.5 Å². The molecule has 0 spiro atoms. The van der Waals surface area contributed by atoms with E-state index in [4.69, 9.17) is 0 Å². The van der Waals surface area contributed by atoms with Crippen molar-refractivity contribution in [3.8, 4) is 22.9 Å². The van der Waals surface area contributed by atoms with E-state index in [1.54, 1.807) is 18.3 Å². The summed E-state index contributed by atoms with van der Waals surface area (Å²) < 4.78 is 36.9. The predicted octanol–water partition coefficient (Wildman–Crippen LogP) is 3.24. The van der Waals surface area contributed by atoms with E-state index in [1.807, 2.05) is 13.0 Å². The molecule has 0 unspecified atom stereocenters. The lowest BCUT2D eigenvalue weighted by molar-refractivity contribution is -0.286. The van der Waals surface area contributed by atoms with Crippen molar-refractivity contribution in [2.45, 2.75) is 32.6 Å². The van der Waals surface area contributed by atoms with Crippen LogP contribution in [0.3, 0.4) is 0 Å². The largest absolute Gasteiger partial charge is 0.586 e. The first kappa shape index (κ1) is 20.2. The summed E-state index contributed by atoms with van der Waals surface area (Å²) in [6.07, 6.45) is 0.240. The van der Waals surface area contributed by atoms with Crippen molar-refractivity contribution in [3.63, 3.8) is 0 Å². The molecule has 5 rings (SSSR count). The van der Waals surface area contributed by atoms with Crippen LogP contribution in [0.4, 0.5) is 20.4 Å². The van der Waals surface area contributed by atoms with E-state index in [0.29, 0.717) is 24.0 Å². The van der Waals surface area contributed by atoms with Gasteiger partial charge in [-0.05, 0) is 49.9 Å². The van der Waals surface area contributed by atoms with Crippen molar-refractivity contribution in [2.75, 3.05) is 11.9 Å². The van der Waals surface area contributed by atoms with E-state index < -0.39 is 6.29 Å². The van der Waals surface area contributed by atoms with Gasteiger partial charge < -0.3 is 20.1 Å². The molecule has 2 N–H and O–H groups in total. The second-order valence-corrected chi connectivity index (χ2v) is 7.80. The fourth-order valence-electron chi connectivity index (χ4n) is 3.33. The van der Waals surface area contributed by atoms with Crippen molar-refractivity contribution in [2.24, 2.45) is 5.92 Å². The number of aromatic nitrogens is 4. The highest BCUT2D eigenvalue weighted by molar-refractivity contribution is 5.76. The van der Waals surface area contributed by atoms with Gasteiger partial charge in [0.1, 0.15) is 6.54 Å². The lowest BCUT2D eigenvalue weighted by Gasteiger charge is -2.07. The number of hydrogen-bond donors (Lipinski definition) is 2. The minimum absolute atomic E-state index is 0.00847. The maximum atomic E-state index is 13.3. The molecular formula is C21H20F2N6O3. The van der Waals surface area contributed by atoms with Crippen molar-refractivity contribution >= 4 is 17.5 Å². The van der Waals surface area contributed by atoms with Gasteiger partial charge in [-0.15, -0.1) is 13.9 Å². The highest BCUT2D eigenvalue weighted by atomic mass is 19.3. The number of pyridine rings is 1. The second-order valence-electron chi connectivity index (χ2n) is 7.80. The molecule has 0 bridgehead atoms. The van der Waals surface area contributed by atoms with Crippen LogP contribution in [0, 0.1) is 12.8 Å². The van der Waals surface area contributed by atoms with E-state index in [2.05, 4.69) is 35.2 Å². The summed E-state index contributed by atoms with van der Waals surface area (Å²) in [7, 11) is 0. The van der Waals surface area contributed by atoms with Crippen molar-refractivity contribution < 1.29 is 23.0 Å². The van der Waals surface area contributed by atoms with Crippen molar-refractivity contribution in [1.29, 1.82) is 0 Å². The zero-order valence-electron chi connectivity index (χ0n) is 17.1. The average Bonchev–Trinajstić information content (AvgIpc) is 3.40. The molecule has 0 saturated heterocycles. The molecule has 166 valence electrons. The zero-order valence-corrected chi connectivity index (χ0v) is 17.1. The monoisotopic (exact) mass is 442 g/mol. The molecule has 1 aromatic carbocycles. The summed E-state index contributed by atoms with van der Waals surface area (Å²) in [5, 5.41) is 10.3. The number of amides is 1. The number of benzene rings is 1. The number of ether oxygens (including phenoxy) is 2. The number of nitrogens with one attached hydrogen (secondary N) is 2. The molecule has 2 aromatic heterocycles. The molecule has 1 amide bonds. The summed E-state index contributed by atoms with van der Waals surface area (Å²) in [6, 6.07) is 7.91. The number of fused-ring (bicyclic) bond motifs is 1. The maximum Gasteiger partial charge on any atom is 0.586 e. The van der Waals surface area contributed by atoms with Gasteiger partial charge in [0.2, 0.25) is 11.9 Å². The van der Waals surface area contributed by atoms with E-state index in [0.717, 1.165) is 24.1 Å². The third kappa shape index (κ3) is 4.46. The quantitative estimate of drug-likeness (QED) is 0.579. The van der Waals surface area contributed by atoms with Crippen LogP contribution in [0.25, 0.3) is 11.4 Å². The Morgan fingerprint density at radius 3 is 2.81 bits per heavy atom. The Balaban J connectivity index is 1.39. The van der Waals surface area contributed by atoms with Crippen LogP contribution in [0.2, 0.25) is 0 Å². The van der Waals surface area contributed by atoms with E-state index in [9.17, 15) is 13.6 Å². The Bertz CT molecular complexity index is 1180. The van der Waals surface area contributed by atoms with E-state index >= 15 is 0 Å². The number of carbonyl (C=O) groups is 1. The lowest BCUT2D eigenvalue weighted by Crippen LogP contribution is -2.30. The molecular weight excluding hydrogens is 422 g/mol. The molecule has 1 fully saturated rings. The smallest absolute Gasteiger partial charge is 0.395 e. The molecule has 1 saturated carbocycles. The Morgan fingerprint density at radius 1 is 1.22 bits per heavy atom. The third-order valence-corrected chi connectivity index (χ3v) is 5.06. The summed E-state index contributed by atoms with van der Waals surface area (Å²) in [5.41, 5.74) is 1.97. The van der Waals surface area contributed by atoms with Gasteiger partial charge in [0, 0.05) is 35.8 Å². The van der Waals surface area contributed by atoms with Gasteiger partial charge in [-0.3, -0.25) is 9.78 Å². The second kappa shape index (κ2) is 7.74. The number of anilines is 2. The first-order chi connectivity index (χ1) is 15.3. The number of alkyl halides is 2. The normalized spacial score (nSPS) is 16.1. The standard InChI is InChI=1S/C21H20F2N6O3/c1-12-8-14(6-7-24-12)19-27-20(28-29(19)11-18(30)25-10-13-2-3-13)26-15-4-5-16-17(9-15)32-21(22,23)31-16/h4-9,13H,2-3,10-11H2,1H3,(H,25,30)(H,26,28). The van der Waals surface area contributed by atoms with E-state index in [-0.39, 0.29) is 29.9 Å². The molecule has 0 atom stereocenters. The molecule has 1 aliphatic heterocycles. The van der Waals surface area contributed by atoms with Gasteiger partial charge in [0.05, 0.1) is 0 Å². The highest BCUT2D eigenvalue weighted by Crippen LogP contribution is 2.42. The Hall–Kier alpha value is -3.76. The molecule has 11 heteroatoms. The van der Waals surface area contributed by atoms with Crippen LogP contribution >= 0.6 is 0 Å². The van der Waals surface area contributed by atoms with Crippen molar-refractivity contribution in [3.05, 3.63) is 42.2 Å². The number of halogens is 2. The molecule has 0 radical (unpaired) electrons. The minimum Gasteiger partial charge on any atom is -0.395 e. The van der Waals surface area contributed by atoms with Gasteiger partial charge in [-0.25, -0.2) is 4.68 Å². The summed E-state index contributed by atoms with van der Waals surface area (Å²) in [5.74, 6) is 0.934. The van der Waals surface area contributed by atoms with E-state index in [1.165, 1.54) is 16.8 Å². The first-order valence-electron chi connectivity index (χ1n) is 10.2. The molecule has 1 aliphatic carbocycles. The molecule has 9 nitrogen and oxygen atoms in total. The van der Waals surface area contributed by atoms with Crippen molar-refractivity contribution in [1.82, 2.24) is 25.1 Å². The number of carbonyl (C=O) groups excluding carboxylic acids is 1. The van der Waals surface area contributed by atoms with Gasteiger partial charge in [0.15, 0.2) is 17.3 Å². The topological polar surface area (TPSA) is 103 Å². The fourth-order valence-corrected chi connectivity index (χ4v) is 3.33. The number of nitrogens with zero attached hydrogens (tertiary/aromatic N) is 4. The zero-order chi connectivity index (χ0) is 22.3. The SMILES string of the molecule is Cc1cc(-c2nc(Nc3ccc4c(c3)OC(F)(F)O4)nn2CC(=O)NCC2CC2)ccn1. The number of aryl methyl sites for hydroxylation is 1. The lowest BCUT2D eigenvalue weighted by atomic mass is 10.2. The summed E-state index contributed by atoms with van der Waals surface area (Å²) in [6.45, 7) is 2.50. The highest BCUT2D eigenvalue weighted by Gasteiger charge is 2.43. The molecule has 2 aliphatic rings. The predicted molar refractivity (Wildman–Crippen MR) is 110 cm³/mol. The van der Waals surface area contributed by atoms with Crippen LogP contribution in [0.5, 0.6) is 11.5 Å². The molecule has 32 heavy (non-hydrogen) atoms. The molecule has 3 aromatic rings. The maximum absolute atomic E-state index is 13.3. The van der Waals surface area contributed by atoms with Crippen LogP contribution < -0.4 is 20.1 Å². The fraction of sp³-hybridized carbons (Fsp3) is 0.333. The van der Waals surface area contributed by atoms with Crippen LogP contribution in [0.15, 0.2) is 36.5 Å². The number of hydrogen-bond acceptors (Lipinski definition) is 7. The van der Waals surface area contributed by atoms with Gasteiger partial charge >= 0.3 is 6.29 Å². The van der Waals surface area contributed by atoms with Gasteiger partial charge in [-0.2, -0.15) is 4.98 Å². The van der Waals surface area contributed by atoms with Gasteiger partial charge in [-0.1, -0.05) is 0 Å². The summed E-state index contributed by atoms with van der Waals surface area (Å²) >= 11 is 0. The Kier molecular flexibility index (Phi) is 4.87. The number of rotatable bonds is 7. The molecule has 3 heterocycles.